The van der Waals surface area contributed by atoms with Crippen LogP contribution < -0.4 is 5.73 Å². The summed E-state index contributed by atoms with van der Waals surface area (Å²) in [6.07, 6.45) is 5.75. The number of aliphatic carboxylic acids is 1. The zero-order valence-corrected chi connectivity index (χ0v) is 19.6. The van der Waals surface area contributed by atoms with Crippen LogP contribution in [-0.2, 0) is 17.6 Å². The first-order chi connectivity index (χ1) is 13.8. The van der Waals surface area contributed by atoms with Gasteiger partial charge in [-0.05, 0) is 56.0 Å². The van der Waals surface area contributed by atoms with E-state index in [-0.39, 0.29) is 37.2 Å². The molecular formula is C21H37BCl2N2O5. The van der Waals surface area contributed by atoms with Crippen molar-refractivity contribution >= 4 is 37.9 Å². The van der Waals surface area contributed by atoms with Crippen molar-refractivity contribution in [1.82, 2.24) is 4.90 Å². The van der Waals surface area contributed by atoms with E-state index in [9.17, 15) is 15.0 Å². The minimum absolute atomic E-state index is 0. The Bertz CT molecular complexity index is 608. The number of carbonyl (C=O) groups is 1. The van der Waals surface area contributed by atoms with Crippen LogP contribution in [0.15, 0.2) is 24.3 Å². The molecule has 0 saturated carbocycles. The number of unbranched alkanes of at least 4 members (excludes halogenated alkanes) is 1. The van der Waals surface area contributed by atoms with Gasteiger partial charge in [0.25, 0.3) is 0 Å². The highest BCUT2D eigenvalue weighted by Crippen LogP contribution is 2.20. The van der Waals surface area contributed by atoms with Crippen LogP contribution >= 0.6 is 24.8 Å². The predicted octanol–water partition coefficient (Wildman–Crippen LogP) is 1.89. The van der Waals surface area contributed by atoms with E-state index in [1.807, 2.05) is 0 Å². The van der Waals surface area contributed by atoms with Crippen LogP contribution in [0.5, 0.6) is 0 Å². The fourth-order valence-electron chi connectivity index (χ4n) is 3.77. The highest BCUT2D eigenvalue weighted by atomic mass is 35.5. The lowest BCUT2D eigenvalue weighted by atomic mass is 9.81. The van der Waals surface area contributed by atoms with E-state index in [4.69, 9.17) is 15.8 Å². The molecule has 1 aromatic carbocycles. The van der Waals surface area contributed by atoms with Gasteiger partial charge >= 0.3 is 13.1 Å². The van der Waals surface area contributed by atoms with Crippen molar-refractivity contribution in [2.75, 3.05) is 19.6 Å². The number of benzene rings is 1. The van der Waals surface area contributed by atoms with Crippen molar-refractivity contribution in [3.05, 3.63) is 35.4 Å². The number of aryl methyl sites for hydroxylation is 2. The molecule has 2 bridgehead atoms. The number of carboxylic acids is 1. The smallest absolute Gasteiger partial charge is 0.451 e. The molecule has 0 aromatic heterocycles. The maximum atomic E-state index is 11.4. The molecule has 0 spiro atoms. The van der Waals surface area contributed by atoms with Crippen LogP contribution in [0.3, 0.4) is 0 Å². The number of halogens is 2. The van der Waals surface area contributed by atoms with Gasteiger partial charge in [0.1, 0.15) is 5.54 Å². The maximum absolute atomic E-state index is 11.4. The van der Waals surface area contributed by atoms with E-state index in [1.54, 1.807) is 0 Å². The van der Waals surface area contributed by atoms with Crippen molar-refractivity contribution in [2.45, 2.75) is 69.3 Å². The first-order valence-corrected chi connectivity index (χ1v) is 10.7. The predicted molar refractivity (Wildman–Crippen MR) is 128 cm³/mol. The Hall–Kier alpha value is -0.865. The Kier molecular flexibility index (Phi) is 14.6. The summed E-state index contributed by atoms with van der Waals surface area (Å²) in [5, 5.41) is 36.3. The fraction of sp³-hybridized carbons (Fsp3) is 0.667. The summed E-state index contributed by atoms with van der Waals surface area (Å²) in [6.45, 7) is 2.15. The van der Waals surface area contributed by atoms with Crippen molar-refractivity contribution < 1.29 is 25.1 Å². The summed E-state index contributed by atoms with van der Waals surface area (Å²) in [6, 6.07) is 8.83. The van der Waals surface area contributed by atoms with Crippen LogP contribution in [-0.4, -0.2) is 69.5 Å². The Morgan fingerprint density at radius 2 is 1.55 bits per heavy atom. The average molecular weight is 479 g/mol. The van der Waals surface area contributed by atoms with Gasteiger partial charge in [-0.2, -0.15) is 0 Å². The van der Waals surface area contributed by atoms with Crippen molar-refractivity contribution in [3.63, 3.8) is 0 Å². The van der Waals surface area contributed by atoms with Gasteiger partial charge in [0.05, 0.1) is 6.10 Å². The lowest BCUT2D eigenvalue weighted by Crippen LogP contribution is -2.50. The number of piperidine rings is 1. The van der Waals surface area contributed by atoms with E-state index in [0.29, 0.717) is 32.2 Å². The monoisotopic (exact) mass is 478 g/mol. The second kappa shape index (κ2) is 15.1. The number of fused-ring (bicyclic) bond motifs is 3. The number of aliphatic hydroxyl groups is 1. The van der Waals surface area contributed by atoms with E-state index >= 15 is 0 Å². The lowest BCUT2D eigenvalue weighted by Gasteiger charge is -2.32. The van der Waals surface area contributed by atoms with Crippen LogP contribution in [0.1, 0.15) is 49.7 Å². The first-order valence-electron chi connectivity index (χ1n) is 10.7. The number of likely N-dealkylation sites (tertiary alicyclic amines) is 1. The van der Waals surface area contributed by atoms with Gasteiger partial charge in [-0.3, -0.25) is 4.79 Å². The summed E-state index contributed by atoms with van der Waals surface area (Å²) < 4.78 is 0. The van der Waals surface area contributed by atoms with Crippen LogP contribution in [0.25, 0.3) is 0 Å². The van der Waals surface area contributed by atoms with Gasteiger partial charge in [-0.1, -0.05) is 37.1 Å². The second-order valence-corrected chi connectivity index (χ2v) is 8.33. The average Bonchev–Trinajstić information content (AvgIpc) is 2.72. The number of hydrogen-bond donors (Lipinski definition) is 5. The molecule has 1 aliphatic heterocycles. The zero-order chi connectivity index (χ0) is 21.3. The van der Waals surface area contributed by atoms with Gasteiger partial charge in [-0.15, -0.1) is 24.8 Å². The molecule has 0 radical (unpaired) electrons. The molecule has 1 unspecified atom stereocenters. The standard InChI is InChI=1S/C13H27BN2O5.C8H8.2ClH/c15-13(12(18)19,5-1-2-7-14(20)21)6-10-16-8-3-11(17)4-9-16;1-2-8-5-3-7(1)4-6-8;;/h11,17,20-21H,1-10,15H2,(H,18,19);1-3,5H,4,6H2;2*1H. The molecule has 31 heavy (non-hydrogen) atoms. The van der Waals surface area contributed by atoms with Crippen LogP contribution in [0.2, 0.25) is 6.32 Å². The normalized spacial score (nSPS) is 17.4. The zero-order valence-electron chi connectivity index (χ0n) is 18.0. The first kappa shape index (κ1) is 30.1. The van der Waals surface area contributed by atoms with Gasteiger partial charge in [0.15, 0.2) is 0 Å². The molecule has 10 heteroatoms. The highest BCUT2D eigenvalue weighted by Gasteiger charge is 2.34. The molecule has 2 aliphatic carbocycles. The van der Waals surface area contributed by atoms with E-state index in [0.717, 1.165) is 25.9 Å². The quantitative estimate of drug-likeness (QED) is 0.271. The molecule has 6 N–H and O–H groups in total. The Balaban J connectivity index is 0.000000747. The number of rotatable bonds is 9. The number of nitrogens with zero attached hydrogens (tertiary/aromatic N) is 1. The summed E-state index contributed by atoms with van der Waals surface area (Å²) >= 11 is 0. The summed E-state index contributed by atoms with van der Waals surface area (Å²) in [5.41, 5.74) is 7.71. The topological polar surface area (TPSA) is 127 Å². The summed E-state index contributed by atoms with van der Waals surface area (Å²) in [5.74, 6) is -1.01. The summed E-state index contributed by atoms with van der Waals surface area (Å²) in [7, 11) is -1.35. The van der Waals surface area contributed by atoms with E-state index < -0.39 is 18.6 Å². The van der Waals surface area contributed by atoms with Gasteiger partial charge in [-0.25, -0.2) is 0 Å². The maximum Gasteiger partial charge on any atom is 0.451 e. The SMILES string of the molecule is Cl.Cl.NC(CCCCB(O)O)(CCN1CCC(O)CC1)C(=O)O.c1cc2ccc1CC2. The third-order valence-corrected chi connectivity index (χ3v) is 5.92. The molecule has 3 aliphatic rings. The minimum atomic E-state index is -1.35. The molecule has 1 heterocycles. The molecular weight excluding hydrogens is 442 g/mol. The largest absolute Gasteiger partial charge is 0.480 e. The van der Waals surface area contributed by atoms with E-state index in [2.05, 4.69) is 29.2 Å². The number of nitrogens with two attached hydrogens (primary N) is 1. The Labute approximate surface area is 198 Å². The lowest BCUT2D eigenvalue weighted by molar-refractivity contribution is -0.144. The van der Waals surface area contributed by atoms with E-state index in [1.165, 1.54) is 24.0 Å². The van der Waals surface area contributed by atoms with Crippen LogP contribution in [0, 0.1) is 0 Å². The van der Waals surface area contributed by atoms with Gasteiger partial charge in [0, 0.05) is 19.6 Å². The highest BCUT2D eigenvalue weighted by molar-refractivity contribution is 6.40. The number of hydrogen-bond acceptors (Lipinski definition) is 6. The third-order valence-electron chi connectivity index (χ3n) is 5.92. The molecule has 1 atom stereocenters. The van der Waals surface area contributed by atoms with Crippen molar-refractivity contribution in [2.24, 2.45) is 5.73 Å². The molecule has 0 amide bonds. The molecule has 4 rings (SSSR count). The second-order valence-electron chi connectivity index (χ2n) is 8.33. The minimum Gasteiger partial charge on any atom is -0.480 e. The Morgan fingerprint density at radius 1 is 1.03 bits per heavy atom. The fourth-order valence-corrected chi connectivity index (χ4v) is 3.77. The molecule has 7 nitrogen and oxygen atoms in total. The number of aliphatic hydroxyl groups excluding tert-OH is 1. The van der Waals surface area contributed by atoms with Crippen LogP contribution in [0.4, 0.5) is 0 Å². The molecule has 1 saturated heterocycles. The number of carboxylic acid groups (broad SMARTS) is 1. The molecule has 1 aromatic rings. The van der Waals surface area contributed by atoms with Gasteiger partial charge in [0.2, 0.25) is 0 Å². The van der Waals surface area contributed by atoms with Crippen molar-refractivity contribution in [3.8, 4) is 0 Å². The third kappa shape index (κ3) is 11.0. The van der Waals surface area contributed by atoms with Gasteiger partial charge < -0.3 is 30.9 Å². The molecule has 178 valence electrons. The summed E-state index contributed by atoms with van der Waals surface area (Å²) in [4.78, 5) is 13.5. The molecule has 1 fully saturated rings. The van der Waals surface area contributed by atoms with Crippen molar-refractivity contribution in [1.29, 1.82) is 0 Å². The Morgan fingerprint density at radius 3 is 1.94 bits per heavy atom.